The van der Waals surface area contributed by atoms with E-state index >= 15 is 0 Å². The highest BCUT2D eigenvalue weighted by Crippen LogP contribution is 2.17. The zero-order valence-electron chi connectivity index (χ0n) is 12.5. The van der Waals surface area contributed by atoms with Gasteiger partial charge in [0.15, 0.2) is 0 Å². The van der Waals surface area contributed by atoms with E-state index < -0.39 is 28.8 Å². The van der Waals surface area contributed by atoms with E-state index in [9.17, 15) is 13.6 Å². The average Bonchev–Trinajstić information content (AvgIpc) is 2.31. The first-order valence-corrected chi connectivity index (χ1v) is 6.48. The molecule has 0 saturated heterocycles. The van der Waals surface area contributed by atoms with Gasteiger partial charge in [-0.1, -0.05) is 13.0 Å². The molecule has 3 N–H and O–H groups in total. The van der Waals surface area contributed by atoms with Gasteiger partial charge < -0.3 is 11.1 Å². The fourth-order valence-corrected chi connectivity index (χ4v) is 1.86. The maximum atomic E-state index is 13.4. The van der Waals surface area contributed by atoms with Gasteiger partial charge in [0.05, 0.1) is 6.54 Å². The fourth-order valence-electron chi connectivity index (χ4n) is 1.86. The van der Waals surface area contributed by atoms with Gasteiger partial charge in [0.1, 0.15) is 17.3 Å². The molecular weight excluding hydrogens is 300 g/mol. The van der Waals surface area contributed by atoms with Crippen LogP contribution in [0, 0.1) is 11.6 Å². The smallest absolute Gasteiger partial charge is 0.238 e. The van der Waals surface area contributed by atoms with E-state index in [1.165, 1.54) is 6.07 Å². The lowest BCUT2D eigenvalue weighted by atomic mass is 10.1. The maximum absolute atomic E-state index is 13.4. The molecule has 0 aromatic heterocycles. The van der Waals surface area contributed by atoms with Crippen molar-refractivity contribution in [3.05, 3.63) is 29.8 Å². The van der Waals surface area contributed by atoms with Crippen molar-refractivity contribution < 1.29 is 13.6 Å². The van der Waals surface area contributed by atoms with Crippen molar-refractivity contribution in [3.8, 4) is 0 Å². The van der Waals surface area contributed by atoms with Gasteiger partial charge in [-0.2, -0.15) is 0 Å². The Hall–Kier alpha value is -1.24. The van der Waals surface area contributed by atoms with Crippen LogP contribution < -0.4 is 11.1 Å². The third-order valence-corrected chi connectivity index (χ3v) is 2.67. The Balaban J connectivity index is 0.00000400. The van der Waals surface area contributed by atoms with Crippen LogP contribution in [0.25, 0.3) is 0 Å². The number of nitrogens with one attached hydrogen (secondary N) is 1. The molecule has 1 amide bonds. The summed E-state index contributed by atoms with van der Waals surface area (Å²) in [6.45, 7) is 6.76. The Morgan fingerprint density at radius 2 is 1.86 bits per heavy atom. The molecule has 4 nitrogen and oxygen atoms in total. The molecule has 0 unspecified atom stereocenters. The number of likely N-dealkylation sites (N-methyl/N-ethyl adjacent to an activating group) is 1. The van der Waals surface area contributed by atoms with Crippen LogP contribution in [0.2, 0.25) is 0 Å². The lowest BCUT2D eigenvalue weighted by Crippen LogP contribution is -2.47. The Morgan fingerprint density at radius 1 is 1.33 bits per heavy atom. The highest BCUT2D eigenvalue weighted by molar-refractivity contribution is 5.92. The van der Waals surface area contributed by atoms with Crippen LogP contribution in [0.1, 0.15) is 20.8 Å². The van der Waals surface area contributed by atoms with Gasteiger partial charge in [-0.05, 0) is 32.5 Å². The van der Waals surface area contributed by atoms with Crippen LogP contribution in [-0.2, 0) is 4.79 Å². The summed E-state index contributed by atoms with van der Waals surface area (Å²) in [5, 5.41) is 2.26. The minimum Gasteiger partial charge on any atom is -0.324 e. The number of halogens is 3. The predicted octanol–water partition coefficient (Wildman–Crippen LogP) is 2.38. The Kier molecular flexibility index (Phi) is 7.78. The maximum Gasteiger partial charge on any atom is 0.238 e. The number of carbonyl (C=O) groups excluding carboxylic acids is 1. The lowest BCUT2D eigenvalue weighted by Gasteiger charge is -2.28. The first-order valence-electron chi connectivity index (χ1n) is 6.48. The normalized spacial score (nSPS) is 11.2. The number of amides is 1. The molecule has 0 aliphatic carbocycles. The summed E-state index contributed by atoms with van der Waals surface area (Å²) in [4.78, 5) is 13.7. The number of anilines is 1. The molecule has 0 heterocycles. The van der Waals surface area contributed by atoms with E-state index in [2.05, 4.69) is 5.32 Å². The van der Waals surface area contributed by atoms with Crippen molar-refractivity contribution in [2.45, 2.75) is 26.3 Å². The van der Waals surface area contributed by atoms with Crippen LogP contribution in [-0.4, -0.2) is 36.0 Å². The predicted molar refractivity (Wildman–Crippen MR) is 82.6 cm³/mol. The van der Waals surface area contributed by atoms with Crippen molar-refractivity contribution in [2.75, 3.05) is 25.0 Å². The summed E-state index contributed by atoms with van der Waals surface area (Å²) in [5.74, 6) is -2.05. The second-order valence-electron chi connectivity index (χ2n) is 5.44. The second kappa shape index (κ2) is 8.26. The van der Waals surface area contributed by atoms with E-state index in [0.717, 1.165) is 12.1 Å². The molecule has 0 aliphatic heterocycles. The molecule has 7 heteroatoms. The molecule has 21 heavy (non-hydrogen) atoms. The summed E-state index contributed by atoms with van der Waals surface area (Å²) in [7, 11) is 0. The molecule has 0 atom stereocenters. The van der Waals surface area contributed by atoms with Gasteiger partial charge in [-0.15, -0.1) is 12.4 Å². The van der Waals surface area contributed by atoms with Crippen LogP contribution in [0.5, 0.6) is 0 Å². The summed E-state index contributed by atoms with van der Waals surface area (Å²) >= 11 is 0. The third-order valence-electron chi connectivity index (χ3n) is 2.67. The van der Waals surface area contributed by atoms with E-state index in [1.54, 1.807) is 0 Å². The molecule has 0 bridgehead atoms. The molecule has 1 rings (SSSR count). The largest absolute Gasteiger partial charge is 0.324 e. The molecule has 0 radical (unpaired) electrons. The molecule has 0 saturated carbocycles. The van der Waals surface area contributed by atoms with Crippen LogP contribution in [0.15, 0.2) is 18.2 Å². The topological polar surface area (TPSA) is 58.4 Å². The Labute approximate surface area is 130 Å². The van der Waals surface area contributed by atoms with Gasteiger partial charge in [0.25, 0.3) is 0 Å². The molecule has 1 aromatic carbocycles. The van der Waals surface area contributed by atoms with E-state index in [1.807, 2.05) is 25.7 Å². The summed E-state index contributed by atoms with van der Waals surface area (Å²) in [5.41, 5.74) is 5.03. The van der Waals surface area contributed by atoms with Gasteiger partial charge in [0, 0.05) is 12.1 Å². The SMILES string of the molecule is CCN(CC(=O)Nc1c(F)cccc1F)CC(C)(C)N.Cl. The minimum absolute atomic E-state index is 0. The Bertz CT molecular complexity index is 458. The number of nitrogens with two attached hydrogens (primary N) is 1. The molecular formula is C14H22ClF2N3O. The second-order valence-corrected chi connectivity index (χ2v) is 5.44. The molecule has 0 fully saturated rings. The number of hydrogen-bond acceptors (Lipinski definition) is 3. The number of hydrogen-bond donors (Lipinski definition) is 2. The van der Waals surface area contributed by atoms with E-state index in [4.69, 9.17) is 5.73 Å². The quantitative estimate of drug-likeness (QED) is 0.846. The lowest BCUT2D eigenvalue weighted by molar-refractivity contribution is -0.117. The van der Waals surface area contributed by atoms with Crippen molar-refractivity contribution in [3.63, 3.8) is 0 Å². The average molecular weight is 322 g/mol. The third kappa shape index (κ3) is 6.84. The summed E-state index contributed by atoms with van der Waals surface area (Å²) in [6, 6.07) is 3.44. The standard InChI is InChI=1S/C14H21F2N3O.ClH/c1-4-19(9-14(2,3)17)8-12(20)18-13-10(15)6-5-7-11(13)16;/h5-7H,4,8-9,17H2,1-3H3,(H,18,20);1H. The molecule has 0 aliphatic rings. The van der Waals surface area contributed by atoms with Gasteiger partial charge in [0.2, 0.25) is 5.91 Å². The number of para-hydroxylation sites is 1. The van der Waals surface area contributed by atoms with E-state index in [-0.39, 0.29) is 19.0 Å². The number of nitrogens with zero attached hydrogens (tertiary/aromatic N) is 1. The summed E-state index contributed by atoms with van der Waals surface area (Å²) < 4.78 is 26.8. The molecule has 1 aromatic rings. The zero-order valence-corrected chi connectivity index (χ0v) is 13.3. The van der Waals surface area contributed by atoms with Gasteiger partial charge in [-0.3, -0.25) is 9.69 Å². The number of carbonyl (C=O) groups is 1. The highest BCUT2D eigenvalue weighted by atomic mass is 35.5. The monoisotopic (exact) mass is 321 g/mol. The Morgan fingerprint density at radius 3 is 2.29 bits per heavy atom. The van der Waals surface area contributed by atoms with Crippen molar-refractivity contribution >= 4 is 24.0 Å². The first-order chi connectivity index (χ1) is 9.23. The molecule has 0 spiro atoms. The van der Waals surface area contributed by atoms with Crippen LogP contribution >= 0.6 is 12.4 Å². The number of benzene rings is 1. The summed E-state index contributed by atoms with van der Waals surface area (Å²) in [6.07, 6.45) is 0. The highest BCUT2D eigenvalue weighted by Gasteiger charge is 2.19. The number of rotatable bonds is 6. The fraction of sp³-hybridized carbons (Fsp3) is 0.500. The van der Waals surface area contributed by atoms with Crippen molar-refractivity contribution in [2.24, 2.45) is 5.73 Å². The van der Waals surface area contributed by atoms with Crippen LogP contribution in [0.4, 0.5) is 14.5 Å². The zero-order chi connectivity index (χ0) is 15.3. The van der Waals surface area contributed by atoms with Gasteiger partial charge in [-0.25, -0.2) is 8.78 Å². The van der Waals surface area contributed by atoms with Crippen LogP contribution in [0.3, 0.4) is 0 Å². The molecule has 120 valence electrons. The van der Waals surface area contributed by atoms with Crippen molar-refractivity contribution in [1.29, 1.82) is 0 Å². The minimum atomic E-state index is -0.791. The van der Waals surface area contributed by atoms with Gasteiger partial charge >= 0.3 is 0 Å². The van der Waals surface area contributed by atoms with E-state index in [0.29, 0.717) is 13.1 Å². The first kappa shape index (κ1) is 19.8. The van der Waals surface area contributed by atoms with Crippen molar-refractivity contribution in [1.82, 2.24) is 4.90 Å².